The lowest BCUT2D eigenvalue weighted by molar-refractivity contribution is 0.574. The molecule has 1 heterocycles. The largest absolute Gasteiger partial charge is 0.356 e. The minimum Gasteiger partial charge on any atom is -0.356 e. The molecule has 0 spiro atoms. The van der Waals surface area contributed by atoms with Gasteiger partial charge in [-0.15, -0.1) is 24.0 Å². The maximum atomic E-state index is 11.9. The highest BCUT2D eigenvalue weighted by Crippen LogP contribution is 2.15. The van der Waals surface area contributed by atoms with Gasteiger partial charge in [-0.1, -0.05) is 42.8 Å². The molecule has 2 rings (SSSR count). The molecule has 1 unspecified atom stereocenters. The molecule has 0 bridgehead atoms. The van der Waals surface area contributed by atoms with E-state index < -0.39 is 0 Å². The Labute approximate surface area is 185 Å². The Hall–Kier alpha value is -1.83. The molecule has 0 aliphatic rings. The third kappa shape index (κ3) is 7.66. The number of rotatable bonds is 8. The van der Waals surface area contributed by atoms with E-state index in [0.29, 0.717) is 5.92 Å². The van der Waals surface area contributed by atoms with Gasteiger partial charge in [0.05, 0.1) is 0 Å². The molecule has 0 fully saturated rings. The van der Waals surface area contributed by atoms with Crippen LogP contribution in [0.2, 0.25) is 0 Å². The van der Waals surface area contributed by atoms with Crippen LogP contribution in [0, 0.1) is 13.8 Å². The lowest BCUT2D eigenvalue weighted by Gasteiger charge is -2.17. The van der Waals surface area contributed by atoms with E-state index in [0.717, 1.165) is 44.1 Å². The second-order valence-electron chi connectivity index (χ2n) is 7.06. The van der Waals surface area contributed by atoms with E-state index in [1.54, 1.807) is 13.1 Å². The van der Waals surface area contributed by atoms with Crippen molar-refractivity contribution in [3.8, 4) is 0 Å². The van der Waals surface area contributed by atoms with Crippen LogP contribution >= 0.6 is 24.0 Å². The Morgan fingerprint density at radius 1 is 1.11 bits per heavy atom. The number of unbranched alkanes of at least 4 members (excludes halogenated alkanes) is 1. The third-order valence-electron chi connectivity index (χ3n) is 4.78. The maximum Gasteiger partial charge on any atom is 0.250 e. The van der Waals surface area contributed by atoms with Gasteiger partial charge in [0.15, 0.2) is 5.96 Å². The molecule has 0 radical (unpaired) electrons. The summed E-state index contributed by atoms with van der Waals surface area (Å²) in [5, 5.41) is 6.75. The summed E-state index contributed by atoms with van der Waals surface area (Å²) in [6, 6.07) is 14.0. The minimum atomic E-state index is 0. The molecule has 0 aliphatic heterocycles. The third-order valence-corrected chi connectivity index (χ3v) is 4.78. The monoisotopic (exact) mass is 496 g/mol. The van der Waals surface area contributed by atoms with E-state index in [9.17, 15) is 4.79 Å². The van der Waals surface area contributed by atoms with Gasteiger partial charge in [-0.05, 0) is 44.2 Å². The van der Waals surface area contributed by atoms with Crippen molar-refractivity contribution in [3.05, 3.63) is 69.6 Å². The summed E-state index contributed by atoms with van der Waals surface area (Å²) in [4.78, 5) is 16.2. The van der Waals surface area contributed by atoms with Crippen LogP contribution in [-0.4, -0.2) is 30.7 Å². The number of hydrogen-bond acceptors (Lipinski definition) is 2. The zero-order chi connectivity index (χ0) is 19.6. The summed E-state index contributed by atoms with van der Waals surface area (Å²) >= 11 is 0. The molecule has 154 valence electrons. The maximum absolute atomic E-state index is 11.9. The van der Waals surface area contributed by atoms with Crippen molar-refractivity contribution in [1.29, 1.82) is 0 Å². The molecule has 28 heavy (non-hydrogen) atoms. The van der Waals surface area contributed by atoms with E-state index in [4.69, 9.17) is 0 Å². The van der Waals surface area contributed by atoms with Crippen LogP contribution < -0.4 is 16.2 Å². The first kappa shape index (κ1) is 24.2. The molecule has 0 saturated heterocycles. The van der Waals surface area contributed by atoms with Crippen molar-refractivity contribution in [2.45, 2.75) is 46.1 Å². The molecule has 0 saturated carbocycles. The molecule has 5 nitrogen and oxygen atoms in total. The van der Waals surface area contributed by atoms with Gasteiger partial charge in [0.2, 0.25) is 0 Å². The van der Waals surface area contributed by atoms with Crippen molar-refractivity contribution in [1.82, 2.24) is 15.2 Å². The van der Waals surface area contributed by atoms with Gasteiger partial charge in [-0.25, -0.2) is 0 Å². The number of nitrogens with one attached hydrogen (secondary N) is 2. The molecule has 1 aromatic heterocycles. The van der Waals surface area contributed by atoms with E-state index in [-0.39, 0.29) is 29.5 Å². The Balaban J connectivity index is 0.00000392. The van der Waals surface area contributed by atoms with Gasteiger partial charge in [-0.3, -0.25) is 9.79 Å². The van der Waals surface area contributed by atoms with Crippen molar-refractivity contribution >= 4 is 29.9 Å². The second kappa shape index (κ2) is 12.6. The van der Waals surface area contributed by atoms with E-state index in [1.807, 2.05) is 23.6 Å². The van der Waals surface area contributed by atoms with Gasteiger partial charge in [-0.2, -0.15) is 0 Å². The van der Waals surface area contributed by atoms with Gasteiger partial charge < -0.3 is 15.2 Å². The second-order valence-corrected chi connectivity index (χ2v) is 7.06. The van der Waals surface area contributed by atoms with E-state index >= 15 is 0 Å². The summed E-state index contributed by atoms with van der Waals surface area (Å²) in [6.45, 7) is 8.73. The summed E-state index contributed by atoms with van der Waals surface area (Å²) in [7, 11) is 1.79. The molecule has 2 aromatic rings. The van der Waals surface area contributed by atoms with Crippen molar-refractivity contribution in [3.63, 3.8) is 0 Å². The average Bonchev–Trinajstić information content (AvgIpc) is 2.65. The average molecular weight is 496 g/mol. The first-order valence-electron chi connectivity index (χ1n) is 9.69. The first-order chi connectivity index (χ1) is 13.0. The fraction of sp³-hybridized carbons (Fsp3) is 0.455. The number of nitrogens with zero attached hydrogens (tertiary/aromatic N) is 2. The highest BCUT2D eigenvalue weighted by Gasteiger charge is 2.07. The molecular weight excluding hydrogens is 463 g/mol. The normalized spacial score (nSPS) is 12.2. The van der Waals surface area contributed by atoms with Crippen LogP contribution in [0.4, 0.5) is 0 Å². The zero-order valence-electron chi connectivity index (χ0n) is 17.4. The molecule has 1 atom stereocenters. The van der Waals surface area contributed by atoms with E-state index in [2.05, 4.69) is 53.7 Å². The van der Waals surface area contributed by atoms with Crippen LogP contribution in [0.3, 0.4) is 0 Å². The number of aromatic nitrogens is 1. The number of aryl methyl sites for hydroxylation is 2. The van der Waals surface area contributed by atoms with E-state index in [1.165, 1.54) is 11.1 Å². The summed E-state index contributed by atoms with van der Waals surface area (Å²) < 4.78 is 1.83. The fourth-order valence-corrected chi connectivity index (χ4v) is 3.08. The predicted octanol–water partition coefficient (Wildman–Crippen LogP) is 3.83. The molecule has 2 N–H and O–H groups in total. The van der Waals surface area contributed by atoms with Gasteiger partial charge in [0.25, 0.3) is 5.56 Å². The minimum absolute atomic E-state index is 0. The lowest BCUT2D eigenvalue weighted by atomic mass is 9.99. The zero-order valence-corrected chi connectivity index (χ0v) is 19.7. The topological polar surface area (TPSA) is 58.4 Å². The number of pyridine rings is 1. The van der Waals surface area contributed by atoms with Crippen LogP contribution in [0.25, 0.3) is 0 Å². The molecular formula is C22H33IN4O. The number of guanidine groups is 1. The number of hydrogen-bond donors (Lipinski definition) is 2. The molecule has 0 aliphatic carbocycles. The number of aliphatic imine (C=N–C) groups is 1. The van der Waals surface area contributed by atoms with Gasteiger partial charge >= 0.3 is 0 Å². The predicted molar refractivity (Wildman–Crippen MR) is 129 cm³/mol. The SMILES string of the molecule is CN=C(NCCCCn1c(C)cccc1=O)NCC(C)c1cccc(C)c1.I. The van der Waals surface area contributed by atoms with Gasteiger partial charge in [0, 0.05) is 38.4 Å². The highest BCUT2D eigenvalue weighted by atomic mass is 127. The van der Waals surface area contributed by atoms with Crippen molar-refractivity contribution in [2.75, 3.05) is 20.1 Å². The number of halogens is 1. The van der Waals surface area contributed by atoms with Gasteiger partial charge in [0.1, 0.15) is 0 Å². The fourth-order valence-electron chi connectivity index (χ4n) is 3.08. The van der Waals surface area contributed by atoms with Crippen molar-refractivity contribution < 1.29 is 0 Å². The Morgan fingerprint density at radius 2 is 1.86 bits per heavy atom. The first-order valence-corrected chi connectivity index (χ1v) is 9.69. The van der Waals surface area contributed by atoms with Crippen LogP contribution in [0.1, 0.15) is 42.5 Å². The quantitative estimate of drug-likeness (QED) is 0.253. The van der Waals surface area contributed by atoms with Crippen LogP contribution in [0.15, 0.2) is 52.3 Å². The summed E-state index contributed by atoms with van der Waals surface area (Å²) in [5.41, 5.74) is 3.71. The van der Waals surface area contributed by atoms with Crippen LogP contribution in [0.5, 0.6) is 0 Å². The van der Waals surface area contributed by atoms with Crippen molar-refractivity contribution in [2.24, 2.45) is 4.99 Å². The smallest absolute Gasteiger partial charge is 0.250 e. The van der Waals surface area contributed by atoms with Crippen LogP contribution in [-0.2, 0) is 6.54 Å². The molecule has 6 heteroatoms. The Morgan fingerprint density at radius 3 is 2.54 bits per heavy atom. The Kier molecular flexibility index (Phi) is 10.9. The standard InChI is InChI=1S/C22H32N4O.HI/c1-17-9-7-11-20(15-17)18(2)16-25-22(23-4)24-13-5-6-14-26-19(3)10-8-12-21(26)27;/h7-12,15,18H,5-6,13-14,16H2,1-4H3,(H2,23,24,25);1H. The highest BCUT2D eigenvalue weighted by molar-refractivity contribution is 14.0. The summed E-state index contributed by atoms with van der Waals surface area (Å²) in [5.74, 6) is 1.24. The Bertz CT molecular complexity index is 816. The summed E-state index contributed by atoms with van der Waals surface area (Å²) in [6.07, 6.45) is 1.93. The lowest BCUT2D eigenvalue weighted by Crippen LogP contribution is -2.39. The number of benzene rings is 1. The molecule has 0 amide bonds. The molecule has 1 aromatic carbocycles.